The number of hydrogen-bond acceptors (Lipinski definition) is 3. The van der Waals surface area contributed by atoms with Crippen molar-refractivity contribution in [2.75, 3.05) is 24.5 Å². The van der Waals surface area contributed by atoms with E-state index >= 15 is 0 Å². The molecule has 0 radical (unpaired) electrons. The van der Waals surface area contributed by atoms with Gasteiger partial charge in [0, 0.05) is 31.4 Å². The highest BCUT2D eigenvalue weighted by molar-refractivity contribution is 5.69. The second kappa shape index (κ2) is 8.89. The third-order valence-corrected chi connectivity index (χ3v) is 5.33. The maximum atomic E-state index is 12.6. The lowest BCUT2D eigenvalue weighted by molar-refractivity contribution is 0.0202. The van der Waals surface area contributed by atoms with Gasteiger partial charge in [-0.1, -0.05) is 56.3 Å². The summed E-state index contributed by atoms with van der Waals surface area (Å²) in [7, 11) is 0. The summed E-state index contributed by atoms with van der Waals surface area (Å²) in [5.41, 5.74) is 3.40. The van der Waals surface area contributed by atoms with Crippen LogP contribution in [-0.2, 0) is 11.2 Å². The highest BCUT2D eigenvalue weighted by Gasteiger charge is 2.33. The first-order valence-electron chi connectivity index (χ1n) is 10.6. The molecule has 3 rings (SSSR count). The number of anilines is 1. The van der Waals surface area contributed by atoms with Crippen molar-refractivity contribution < 1.29 is 9.53 Å². The van der Waals surface area contributed by atoms with Gasteiger partial charge in [-0.15, -0.1) is 0 Å². The van der Waals surface area contributed by atoms with Crippen molar-refractivity contribution in [1.29, 1.82) is 0 Å². The highest BCUT2D eigenvalue weighted by atomic mass is 16.6. The molecule has 0 aliphatic carbocycles. The van der Waals surface area contributed by atoms with E-state index in [1.54, 1.807) is 0 Å². The van der Waals surface area contributed by atoms with E-state index in [1.807, 2.05) is 25.7 Å². The van der Waals surface area contributed by atoms with E-state index in [2.05, 4.69) is 73.3 Å². The molecule has 0 aromatic heterocycles. The summed E-state index contributed by atoms with van der Waals surface area (Å²) >= 11 is 0. The topological polar surface area (TPSA) is 32.8 Å². The molecule has 1 fully saturated rings. The van der Waals surface area contributed by atoms with E-state index in [9.17, 15) is 4.79 Å². The SMILES string of the molecule is CC(C)C1CN(C(=O)OC(C)(C)C)CCN1c1cccc(Cc2ccccc2)c1. The lowest BCUT2D eigenvalue weighted by Crippen LogP contribution is -2.57. The van der Waals surface area contributed by atoms with Gasteiger partial charge >= 0.3 is 6.09 Å². The third kappa shape index (κ3) is 5.75. The molecular formula is C25H34N2O2. The van der Waals surface area contributed by atoms with Crippen LogP contribution in [0.15, 0.2) is 54.6 Å². The van der Waals surface area contributed by atoms with Gasteiger partial charge in [-0.3, -0.25) is 0 Å². The first-order chi connectivity index (χ1) is 13.7. The number of hydrogen-bond donors (Lipinski definition) is 0. The van der Waals surface area contributed by atoms with Gasteiger partial charge in [0.05, 0.1) is 0 Å². The zero-order valence-corrected chi connectivity index (χ0v) is 18.4. The fourth-order valence-electron chi connectivity index (χ4n) is 3.87. The Hall–Kier alpha value is -2.49. The molecule has 0 bridgehead atoms. The quantitative estimate of drug-likeness (QED) is 0.700. The van der Waals surface area contributed by atoms with Crippen molar-refractivity contribution in [3.05, 3.63) is 65.7 Å². The third-order valence-electron chi connectivity index (χ3n) is 5.33. The van der Waals surface area contributed by atoms with Gasteiger partial charge in [-0.2, -0.15) is 0 Å². The Morgan fingerprint density at radius 1 is 1.03 bits per heavy atom. The van der Waals surface area contributed by atoms with Gasteiger partial charge in [0.15, 0.2) is 0 Å². The van der Waals surface area contributed by atoms with Crippen molar-refractivity contribution in [2.24, 2.45) is 5.92 Å². The molecule has 2 aromatic rings. The van der Waals surface area contributed by atoms with Crippen LogP contribution < -0.4 is 4.90 Å². The Morgan fingerprint density at radius 2 is 1.72 bits per heavy atom. The lowest BCUT2D eigenvalue weighted by atomic mass is 9.97. The summed E-state index contributed by atoms with van der Waals surface area (Å²) in [5, 5.41) is 0. The van der Waals surface area contributed by atoms with Crippen LogP contribution in [0.25, 0.3) is 0 Å². The van der Waals surface area contributed by atoms with Gasteiger partial charge in [0.1, 0.15) is 5.60 Å². The number of carbonyl (C=O) groups is 1. The normalized spacial score (nSPS) is 17.5. The zero-order chi connectivity index (χ0) is 21.0. The number of amides is 1. The molecule has 0 saturated carbocycles. The van der Waals surface area contributed by atoms with Crippen LogP contribution in [0.2, 0.25) is 0 Å². The largest absolute Gasteiger partial charge is 0.444 e. The van der Waals surface area contributed by atoms with E-state index in [0.717, 1.165) is 13.0 Å². The first-order valence-corrected chi connectivity index (χ1v) is 10.6. The molecule has 1 saturated heterocycles. The van der Waals surface area contributed by atoms with Crippen LogP contribution in [0.4, 0.5) is 10.5 Å². The molecule has 29 heavy (non-hydrogen) atoms. The molecule has 2 aromatic carbocycles. The Bertz CT molecular complexity index is 811. The Balaban J connectivity index is 1.75. The average molecular weight is 395 g/mol. The smallest absolute Gasteiger partial charge is 0.410 e. The van der Waals surface area contributed by atoms with Crippen molar-refractivity contribution in [3.8, 4) is 0 Å². The minimum Gasteiger partial charge on any atom is -0.444 e. The summed E-state index contributed by atoms with van der Waals surface area (Å²) in [6.45, 7) is 12.4. The van der Waals surface area contributed by atoms with Crippen LogP contribution >= 0.6 is 0 Å². The fourth-order valence-corrected chi connectivity index (χ4v) is 3.87. The molecule has 4 heteroatoms. The van der Waals surface area contributed by atoms with Gasteiger partial charge in [-0.05, 0) is 56.4 Å². The van der Waals surface area contributed by atoms with E-state index in [4.69, 9.17) is 4.74 Å². The molecule has 156 valence electrons. The lowest BCUT2D eigenvalue weighted by Gasteiger charge is -2.44. The minimum atomic E-state index is -0.465. The van der Waals surface area contributed by atoms with E-state index in [1.165, 1.54) is 16.8 Å². The standard InChI is InChI=1S/C25H34N2O2/c1-19(2)23-18-26(24(28)29-25(3,4)5)14-15-27(23)22-13-9-12-21(17-22)16-20-10-7-6-8-11-20/h6-13,17,19,23H,14-16,18H2,1-5H3. The average Bonchev–Trinajstić information content (AvgIpc) is 2.67. The number of rotatable bonds is 4. The van der Waals surface area contributed by atoms with Crippen molar-refractivity contribution >= 4 is 11.8 Å². The summed E-state index contributed by atoms with van der Waals surface area (Å²) < 4.78 is 5.60. The summed E-state index contributed by atoms with van der Waals surface area (Å²) in [4.78, 5) is 16.9. The van der Waals surface area contributed by atoms with Crippen LogP contribution in [0.5, 0.6) is 0 Å². The number of carbonyl (C=O) groups excluding carboxylic acids is 1. The monoisotopic (exact) mass is 394 g/mol. The van der Waals surface area contributed by atoms with E-state index in [0.29, 0.717) is 19.0 Å². The molecule has 1 heterocycles. The van der Waals surface area contributed by atoms with Crippen molar-refractivity contribution in [2.45, 2.75) is 52.7 Å². The first kappa shape index (κ1) is 21.2. The number of piperazine rings is 1. The van der Waals surface area contributed by atoms with E-state index < -0.39 is 5.60 Å². The molecule has 0 N–H and O–H groups in total. The number of benzene rings is 2. The predicted octanol–water partition coefficient (Wildman–Crippen LogP) is 5.36. The number of ether oxygens (including phenoxy) is 1. The maximum Gasteiger partial charge on any atom is 0.410 e. The Morgan fingerprint density at radius 3 is 2.38 bits per heavy atom. The Kier molecular flexibility index (Phi) is 6.51. The summed E-state index contributed by atoms with van der Waals surface area (Å²) in [6, 6.07) is 19.7. The summed E-state index contributed by atoms with van der Waals surface area (Å²) in [5.74, 6) is 0.429. The maximum absolute atomic E-state index is 12.6. The van der Waals surface area contributed by atoms with Gasteiger partial charge in [-0.25, -0.2) is 4.79 Å². The zero-order valence-electron chi connectivity index (χ0n) is 18.4. The minimum absolute atomic E-state index is 0.208. The second-order valence-corrected chi connectivity index (χ2v) is 9.26. The van der Waals surface area contributed by atoms with Crippen LogP contribution in [0.1, 0.15) is 45.7 Å². The van der Waals surface area contributed by atoms with Crippen LogP contribution in [0.3, 0.4) is 0 Å². The molecular weight excluding hydrogens is 360 g/mol. The van der Waals surface area contributed by atoms with Crippen molar-refractivity contribution in [3.63, 3.8) is 0 Å². The molecule has 1 amide bonds. The fraction of sp³-hybridized carbons (Fsp3) is 0.480. The molecule has 4 nitrogen and oxygen atoms in total. The molecule has 1 unspecified atom stereocenters. The predicted molar refractivity (Wildman–Crippen MR) is 119 cm³/mol. The Labute approximate surface area is 175 Å². The van der Waals surface area contributed by atoms with Crippen molar-refractivity contribution in [1.82, 2.24) is 4.90 Å². The summed E-state index contributed by atoms with van der Waals surface area (Å²) in [6.07, 6.45) is 0.722. The highest BCUT2D eigenvalue weighted by Crippen LogP contribution is 2.27. The van der Waals surface area contributed by atoms with Gasteiger partial charge in [0.2, 0.25) is 0 Å². The van der Waals surface area contributed by atoms with Crippen LogP contribution in [-0.4, -0.2) is 42.3 Å². The molecule has 0 spiro atoms. The van der Waals surface area contributed by atoms with Gasteiger partial charge < -0.3 is 14.5 Å². The second-order valence-electron chi connectivity index (χ2n) is 9.26. The molecule has 1 aliphatic heterocycles. The molecule has 1 atom stereocenters. The van der Waals surface area contributed by atoms with Crippen LogP contribution in [0, 0.1) is 5.92 Å². The van der Waals surface area contributed by atoms with Gasteiger partial charge in [0.25, 0.3) is 0 Å². The van der Waals surface area contributed by atoms with E-state index in [-0.39, 0.29) is 12.1 Å². The molecule has 1 aliphatic rings. The number of nitrogens with zero attached hydrogens (tertiary/aromatic N) is 2.